The van der Waals surface area contributed by atoms with Crippen molar-refractivity contribution in [2.75, 3.05) is 38.1 Å². The summed E-state index contributed by atoms with van der Waals surface area (Å²) in [6.07, 6.45) is 3.88. The van der Waals surface area contributed by atoms with Crippen molar-refractivity contribution < 1.29 is 0 Å². The van der Waals surface area contributed by atoms with Crippen molar-refractivity contribution in [3.05, 3.63) is 47.2 Å². The van der Waals surface area contributed by atoms with Gasteiger partial charge in [0, 0.05) is 58.6 Å². The van der Waals surface area contributed by atoms with Crippen LogP contribution in [0.3, 0.4) is 0 Å². The Balaban J connectivity index is 0.00000225. The second kappa shape index (κ2) is 9.28. The molecular weight excluding hydrogens is 451 g/mol. The Hall–Kier alpha value is -1.48. The van der Waals surface area contributed by atoms with Gasteiger partial charge in [-0.05, 0) is 12.1 Å². The highest BCUT2D eigenvalue weighted by Crippen LogP contribution is 2.25. The molecule has 3 rings (SSSR count). The number of piperazine rings is 1. The fourth-order valence-corrected chi connectivity index (χ4v) is 3.20. The van der Waals surface area contributed by atoms with Crippen LogP contribution in [0.5, 0.6) is 0 Å². The van der Waals surface area contributed by atoms with Crippen molar-refractivity contribution in [3.63, 3.8) is 0 Å². The number of halogens is 2. The topological polar surface area (TPSA) is 48.7 Å². The lowest BCUT2D eigenvalue weighted by Crippen LogP contribution is -2.52. The van der Waals surface area contributed by atoms with Gasteiger partial charge in [-0.3, -0.25) is 9.67 Å². The van der Waals surface area contributed by atoms with Crippen LogP contribution in [0.15, 0.2) is 41.7 Å². The highest BCUT2D eigenvalue weighted by molar-refractivity contribution is 14.0. The summed E-state index contributed by atoms with van der Waals surface area (Å²) in [5.74, 6) is 0.928. The van der Waals surface area contributed by atoms with Crippen LogP contribution in [-0.2, 0) is 13.6 Å². The van der Waals surface area contributed by atoms with E-state index in [-0.39, 0.29) is 24.0 Å². The summed E-state index contributed by atoms with van der Waals surface area (Å²) in [5, 5.41) is 8.41. The molecule has 0 radical (unpaired) electrons. The second-order valence-corrected chi connectivity index (χ2v) is 6.26. The number of aryl methyl sites for hydroxylation is 1. The lowest BCUT2D eigenvalue weighted by atomic mass is 10.2. The summed E-state index contributed by atoms with van der Waals surface area (Å²) in [6, 6.07) is 8.01. The van der Waals surface area contributed by atoms with E-state index in [1.54, 1.807) is 0 Å². The molecule has 0 unspecified atom stereocenters. The van der Waals surface area contributed by atoms with Crippen LogP contribution in [0.25, 0.3) is 0 Å². The van der Waals surface area contributed by atoms with Crippen LogP contribution >= 0.6 is 35.6 Å². The standard InChI is InChI=1S/C17H23ClN6.HI/c1-19-17(20-11-14-12-21-22(2)13-14)24-9-7-23(8-10-24)16-6-4-3-5-15(16)18;/h3-6,12-13H,7-11H2,1-2H3,(H,19,20);1H. The zero-order valence-corrected chi connectivity index (χ0v) is 17.6. The summed E-state index contributed by atoms with van der Waals surface area (Å²) in [6.45, 7) is 4.41. The van der Waals surface area contributed by atoms with Gasteiger partial charge in [0.25, 0.3) is 0 Å². The molecule has 8 heteroatoms. The van der Waals surface area contributed by atoms with E-state index in [4.69, 9.17) is 11.6 Å². The van der Waals surface area contributed by atoms with Crippen LogP contribution in [-0.4, -0.2) is 53.9 Å². The third-order valence-corrected chi connectivity index (χ3v) is 4.51. The van der Waals surface area contributed by atoms with Crippen molar-refractivity contribution >= 4 is 47.2 Å². The normalized spacial score (nSPS) is 15.1. The number of aromatic nitrogens is 2. The highest BCUT2D eigenvalue weighted by atomic mass is 127. The maximum Gasteiger partial charge on any atom is 0.194 e. The Labute approximate surface area is 170 Å². The Bertz CT molecular complexity index is 709. The van der Waals surface area contributed by atoms with Crippen LogP contribution in [0.2, 0.25) is 5.02 Å². The number of para-hydroxylation sites is 1. The van der Waals surface area contributed by atoms with E-state index >= 15 is 0 Å². The smallest absolute Gasteiger partial charge is 0.194 e. The van der Waals surface area contributed by atoms with Gasteiger partial charge in [-0.1, -0.05) is 23.7 Å². The second-order valence-electron chi connectivity index (χ2n) is 5.85. The van der Waals surface area contributed by atoms with Crippen LogP contribution in [0.1, 0.15) is 5.56 Å². The molecule has 136 valence electrons. The maximum atomic E-state index is 6.30. The number of rotatable bonds is 3. The molecule has 1 fully saturated rings. The Morgan fingerprint density at radius 2 is 1.96 bits per heavy atom. The van der Waals surface area contributed by atoms with Crippen LogP contribution < -0.4 is 10.2 Å². The number of benzene rings is 1. The van der Waals surface area contributed by atoms with E-state index in [2.05, 4.69) is 31.3 Å². The number of guanidine groups is 1. The predicted octanol–water partition coefficient (Wildman–Crippen LogP) is 2.59. The van der Waals surface area contributed by atoms with E-state index in [1.807, 2.05) is 49.4 Å². The van der Waals surface area contributed by atoms with Crippen molar-refractivity contribution in [2.45, 2.75) is 6.54 Å². The minimum Gasteiger partial charge on any atom is -0.367 e. The number of aliphatic imine (C=N–C) groups is 1. The Morgan fingerprint density at radius 3 is 2.56 bits per heavy atom. The number of nitrogens with one attached hydrogen (secondary N) is 1. The highest BCUT2D eigenvalue weighted by Gasteiger charge is 2.20. The Morgan fingerprint density at radius 1 is 1.24 bits per heavy atom. The first-order valence-electron chi connectivity index (χ1n) is 8.10. The quantitative estimate of drug-likeness (QED) is 0.422. The minimum absolute atomic E-state index is 0. The van der Waals surface area contributed by atoms with Gasteiger partial charge in [0.1, 0.15) is 0 Å². The molecule has 6 nitrogen and oxygen atoms in total. The Kier molecular flexibility index (Phi) is 7.37. The number of hydrogen-bond acceptors (Lipinski definition) is 3. The molecule has 25 heavy (non-hydrogen) atoms. The molecule has 1 aliphatic rings. The van der Waals surface area contributed by atoms with E-state index in [0.717, 1.165) is 55.0 Å². The van der Waals surface area contributed by atoms with Gasteiger partial charge in [0.2, 0.25) is 0 Å². The molecule has 2 aromatic rings. The zero-order chi connectivity index (χ0) is 16.9. The molecule has 0 saturated carbocycles. The molecule has 0 bridgehead atoms. The maximum absolute atomic E-state index is 6.30. The van der Waals surface area contributed by atoms with Crippen molar-refractivity contribution in [1.29, 1.82) is 0 Å². The van der Waals surface area contributed by atoms with Crippen molar-refractivity contribution in [3.8, 4) is 0 Å². The molecule has 1 aromatic carbocycles. The molecule has 2 heterocycles. The number of anilines is 1. The third-order valence-electron chi connectivity index (χ3n) is 4.19. The third kappa shape index (κ3) is 5.01. The fourth-order valence-electron chi connectivity index (χ4n) is 2.94. The molecule has 0 aliphatic carbocycles. The summed E-state index contributed by atoms with van der Waals surface area (Å²) < 4.78 is 1.81. The molecule has 1 aliphatic heterocycles. The van der Waals surface area contributed by atoms with E-state index in [0.29, 0.717) is 0 Å². The molecule has 0 spiro atoms. The van der Waals surface area contributed by atoms with Gasteiger partial charge in [-0.2, -0.15) is 5.10 Å². The summed E-state index contributed by atoms with van der Waals surface area (Å²) in [5.41, 5.74) is 2.26. The number of hydrogen-bond donors (Lipinski definition) is 1. The van der Waals surface area contributed by atoms with E-state index in [9.17, 15) is 0 Å². The largest absolute Gasteiger partial charge is 0.367 e. The summed E-state index contributed by atoms with van der Waals surface area (Å²) in [7, 11) is 3.75. The lowest BCUT2D eigenvalue weighted by Gasteiger charge is -2.38. The first kappa shape index (κ1) is 19.8. The van der Waals surface area contributed by atoms with Gasteiger partial charge < -0.3 is 15.1 Å². The summed E-state index contributed by atoms with van der Waals surface area (Å²) >= 11 is 6.30. The van der Waals surface area contributed by atoms with Gasteiger partial charge in [-0.15, -0.1) is 24.0 Å². The average Bonchev–Trinajstić information content (AvgIpc) is 3.02. The fraction of sp³-hybridized carbons (Fsp3) is 0.412. The molecule has 1 N–H and O–H groups in total. The molecule has 1 aromatic heterocycles. The molecular formula is C17H24ClIN6. The average molecular weight is 475 g/mol. The van der Waals surface area contributed by atoms with Gasteiger partial charge in [0.15, 0.2) is 5.96 Å². The molecule has 1 saturated heterocycles. The first-order valence-corrected chi connectivity index (χ1v) is 8.48. The van der Waals surface area contributed by atoms with Crippen molar-refractivity contribution in [1.82, 2.24) is 20.0 Å². The minimum atomic E-state index is 0. The van der Waals surface area contributed by atoms with Gasteiger partial charge in [-0.25, -0.2) is 0 Å². The first-order chi connectivity index (χ1) is 11.7. The predicted molar refractivity (Wildman–Crippen MR) is 114 cm³/mol. The van der Waals surface area contributed by atoms with Gasteiger partial charge in [0.05, 0.1) is 16.9 Å². The zero-order valence-electron chi connectivity index (χ0n) is 14.5. The van der Waals surface area contributed by atoms with Crippen LogP contribution in [0.4, 0.5) is 5.69 Å². The number of nitrogens with zero attached hydrogens (tertiary/aromatic N) is 5. The SMILES string of the molecule is CN=C(NCc1cnn(C)c1)N1CCN(c2ccccc2Cl)CC1.I. The summed E-state index contributed by atoms with van der Waals surface area (Å²) in [4.78, 5) is 9.02. The van der Waals surface area contributed by atoms with Crippen molar-refractivity contribution in [2.24, 2.45) is 12.0 Å². The van der Waals surface area contributed by atoms with Crippen LogP contribution in [0, 0.1) is 0 Å². The van der Waals surface area contributed by atoms with E-state index in [1.165, 1.54) is 0 Å². The molecule has 0 atom stereocenters. The lowest BCUT2D eigenvalue weighted by molar-refractivity contribution is 0.372. The van der Waals surface area contributed by atoms with Gasteiger partial charge >= 0.3 is 0 Å². The monoisotopic (exact) mass is 474 g/mol. The molecule has 0 amide bonds. The van der Waals surface area contributed by atoms with E-state index < -0.39 is 0 Å².